The minimum absolute atomic E-state index is 0.00118. The molecule has 1 fully saturated rings. The second kappa shape index (κ2) is 10.7. The second-order valence-corrected chi connectivity index (χ2v) is 9.01. The zero-order valence-corrected chi connectivity index (χ0v) is 18.1. The molecule has 2 amide bonds. The van der Waals surface area contributed by atoms with E-state index in [1.165, 1.54) is 18.5 Å². The fourth-order valence-corrected chi connectivity index (χ4v) is 4.30. The molecule has 32 heavy (non-hydrogen) atoms. The van der Waals surface area contributed by atoms with Gasteiger partial charge in [-0.3, -0.25) is 4.79 Å². The van der Waals surface area contributed by atoms with Crippen LogP contribution in [0.5, 0.6) is 0 Å². The SMILES string of the molecule is O=CCc1ccc(S(=O)(=O)NC(=O)NC2CCCC2)cc1.O=c1[nH]cnc2ccccc12. The summed E-state index contributed by atoms with van der Waals surface area (Å²) in [5, 5.41) is 3.30. The number of nitrogens with one attached hydrogen (secondary N) is 3. The van der Waals surface area contributed by atoms with Gasteiger partial charge in [0.25, 0.3) is 15.6 Å². The van der Waals surface area contributed by atoms with Crippen LogP contribution >= 0.6 is 0 Å². The van der Waals surface area contributed by atoms with Crippen molar-refractivity contribution in [2.24, 2.45) is 0 Å². The third-order valence-electron chi connectivity index (χ3n) is 5.02. The molecule has 9 nitrogen and oxygen atoms in total. The summed E-state index contributed by atoms with van der Waals surface area (Å²) in [5.74, 6) is 0. The number of aromatic nitrogens is 2. The summed E-state index contributed by atoms with van der Waals surface area (Å²) in [4.78, 5) is 39.7. The Morgan fingerprint density at radius 2 is 1.78 bits per heavy atom. The van der Waals surface area contributed by atoms with Crippen LogP contribution in [-0.4, -0.2) is 36.7 Å². The standard InChI is InChI=1S/C14H18N2O4S.C8H6N2O/c17-10-9-11-5-7-13(8-6-11)21(19,20)16-14(18)15-12-3-1-2-4-12;11-8-6-3-1-2-4-7(6)9-5-10-8/h5-8,10,12H,1-4,9H2,(H2,15,16,18);1-5H,(H,9,10,11). The van der Waals surface area contributed by atoms with E-state index in [9.17, 15) is 22.8 Å². The topological polar surface area (TPSA) is 138 Å². The first-order valence-corrected chi connectivity index (χ1v) is 11.7. The van der Waals surface area contributed by atoms with E-state index in [0.717, 1.165) is 43.0 Å². The molecule has 3 aromatic rings. The Kier molecular flexibility index (Phi) is 7.72. The van der Waals surface area contributed by atoms with Crippen molar-refractivity contribution in [1.82, 2.24) is 20.0 Å². The number of amides is 2. The van der Waals surface area contributed by atoms with Crippen molar-refractivity contribution in [3.63, 3.8) is 0 Å². The normalized spacial score (nSPS) is 13.8. The van der Waals surface area contributed by atoms with Crippen LogP contribution in [0.2, 0.25) is 0 Å². The van der Waals surface area contributed by atoms with E-state index >= 15 is 0 Å². The van der Waals surface area contributed by atoms with Crippen LogP contribution in [0, 0.1) is 0 Å². The van der Waals surface area contributed by atoms with Gasteiger partial charge in [0.05, 0.1) is 22.1 Å². The quantitative estimate of drug-likeness (QED) is 0.504. The van der Waals surface area contributed by atoms with Gasteiger partial charge in [-0.25, -0.2) is 22.9 Å². The molecule has 1 saturated carbocycles. The lowest BCUT2D eigenvalue weighted by Gasteiger charge is -2.13. The average Bonchev–Trinajstić information content (AvgIpc) is 3.28. The Morgan fingerprint density at radius 1 is 1.09 bits per heavy atom. The number of hydrogen-bond acceptors (Lipinski definition) is 6. The zero-order valence-electron chi connectivity index (χ0n) is 17.3. The Hall–Kier alpha value is -3.53. The molecule has 1 aromatic heterocycles. The van der Waals surface area contributed by atoms with E-state index in [1.807, 2.05) is 22.9 Å². The summed E-state index contributed by atoms with van der Waals surface area (Å²) in [7, 11) is -3.88. The highest BCUT2D eigenvalue weighted by atomic mass is 32.2. The third kappa shape index (κ3) is 6.24. The van der Waals surface area contributed by atoms with Gasteiger partial charge in [0, 0.05) is 12.5 Å². The predicted octanol–water partition coefficient (Wildman–Crippen LogP) is 2.28. The van der Waals surface area contributed by atoms with Crippen LogP contribution in [0.4, 0.5) is 4.79 Å². The number of carbonyl (C=O) groups excluding carboxylic acids is 2. The number of fused-ring (bicyclic) bond motifs is 1. The second-order valence-electron chi connectivity index (χ2n) is 7.32. The van der Waals surface area contributed by atoms with E-state index in [4.69, 9.17) is 0 Å². The first-order chi connectivity index (χ1) is 15.4. The lowest BCUT2D eigenvalue weighted by molar-refractivity contribution is -0.107. The first-order valence-electron chi connectivity index (χ1n) is 10.2. The smallest absolute Gasteiger partial charge is 0.328 e. The lowest BCUT2D eigenvalue weighted by Crippen LogP contribution is -2.43. The van der Waals surface area contributed by atoms with Gasteiger partial charge in [-0.2, -0.15) is 0 Å². The number of H-pyrrole nitrogens is 1. The number of rotatable bonds is 5. The molecule has 0 spiro atoms. The molecule has 1 heterocycles. The van der Waals surface area contributed by atoms with Gasteiger partial charge < -0.3 is 15.1 Å². The molecule has 0 saturated heterocycles. The molecule has 0 unspecified atom stereocenters. The average molecular weight is 457 g/mol. The molecule has 0 bridgehead atoms. The monoisotopic (exact) mass is 456 g/mol. The molecule has 0 aliphatic heterocycles. The minimum atomic E-state index is -3.88. The van der Waals surface area contributed by atoms with Crippen molar-refractivity contribution >= 4 is 33.2 Å². The fourth-order valence-electron chi connectivity index (χ4n) is 3.38. The largest absolute Gasteiger partial charge is 0.335 e. The highest BCUT2D eigenvalue weighted by molar-refractivity contribution is 7.90. The number of aromatic amines is 1. The Balaban J connectivity index is 0.000000219. The molecule has 0 radical (unpaired) electrons. The van der Waals surface area contributed by atoms with Crippen molar-refractivity contribution in [3.05, 3.63) is 70.8 Å². The summed E-state index contributed by atoms with van der Waals surface area (Å²) in [5.41, 5.74) is 1.37. The summed E-state index contributed by atoms with van der Waals surface area (Å²) >= 11 is 0. The zero-order chi connectivity index (χ0) is 23.0. The van der Waals surface area contributed by atoms with E-state index in [-0.39, 0.29) is 22.9 Å². The number of sulfonamides is 1. The van der Waals surface area contributed by atoms with E-state index < -0.39 is 16.1 Å². The third-order valence-corrected chi connectivity index (χ3v) is 6.36. The number of carbonyl (C=O) groups is 2. The van der Waals surface area contributed by atoms with Crippen LogP contribution < -0.4 is 15.6 Å². The lowest BCUT2D eigenvalue weighted by atomic mass is 10.2. The van der Waals surface area contributed by atoms with Gasteiger partial charge in [0.15, 0.2) is 0 Å². The molecule has 10 heteroatoms. The molecule has 0 atom stereocenters. The summed E-state index contributed by atoms with van der Waals surface area (Å²) in [6.45, 7) is 0. The maximum absolute atomic E-state index is 12.0. The molecular formula is C22H24N4O5S. The van der Waals surface area contributed by atoms with Crippen molar-refractivity contribution in [2.45, 2.75) is 43.0 Å². The summed E-state index contributed by atoms with van der Waals surface area (Å²) in [6, 6.07) is 12.5. The molecule has 168 valence electrons. The Bertz CT molecular complexity index is 1230. The highest BCUT2D eigenvalue weighted by Crippen LogP contribution is 2.17. The van der Waals surface area contributed by atoms with Gasteiger partial charge in [-0.15, -0.1) is 0 Å². The molecule has 1 aliphatic rings. The van der Waals surface area contributed by atoms with Crippen molar-refractivity contribution < 1.29 is 18.0 Å². The number of hydrogen-bond donors (Lipinski definition) is 3. The predicted molar refractivity (Wildman–Crippen MR) is 120 cm³/mol. The van der Waals surface area contributed by atoms with E-state index in [1.54, 1.807) is 18.2 Å². The fraction of sp³-hybridized carbons (Fsp3) is 0.273. The van der Waals surface area contributed by atoms with Gasteiger partial charge in [-0.05, 0) is 42.7 Å². The van der Waals surface area contributed by atoms with Gasteiger partial charge >= 0.3 is 6.03 Å². The van der Waals surface area contributed by atoms with Crippen LogP contribution in [0.15, 0.2) is 64.5 Å². The van der Waals surface area contributed by atoms with Gasteiger partial charge in [0.2, 0.25) is 0 Å². The molecule has 4 rings (SSSR count). The maximum atomic E-state index is 12.0. The number of para-hydroxylation sites is 1. The van der Waals surface area contributed by atoms with E-state index in [2.05, 4.69) is 15.3 Å². The molecule has 3 N–H and O–H groups in total. The number of aldehydes is 1. The van der Waals surface area contributed by atoms with Crippen LogP contribution in [-0.2, 0) is 21.2 Å². The van der Waals surface area contributed by atoms with Crippen LogP contribution in [0.25, 0.3) is 10.9 Å². The summed E-state index contributed by atoms with van der Waals surface area (Å²) in [6.07, 6.45) is 6.25. The first kappa shape index (κ1) is 23.1. The van der Waals surface area contributed by atoms with Crippen molar-refractivity contribution in [3.8, 4) is 0 Å². The number of benzene rings is 2. The Morgan fingerprint density at radius 3 is 2.44 bits per heavy atom. The van der Waals surface area contributed by atoms with Gasteiger partial charge in [0.1, 0.15) is 6.29 Å². The molecular weight excluding hydrogens is 432 g/mol. The minimum Gasteiger partial charge on any atom is -0.335 e. The maximum Gasteiger partial charge on any atom is 0.328 e. The number of urea groups is 1. The van der Waals surface area contributed by atoms with E-state index in [0.29, 0.717) is 5.39 Å². The van der Waals surface area contributed by atoms with Gasteiger partial charge in [-0.1, -0.05) is 37.1 Å². The van der Waals surface area contributed by atoms with Crippen LogP contribution in [0.1, 0.15) is 31.2 Å². The highest BCUT2D eigenvalue weighted by Gasteiger charge is 2.21. The van der Waals surface area contributed by atoms with Crippen LogP contribution in [0.3, 0.4) is 0 Å². The Labute approximate surface area is 185 Å². The molecule has 2 aromatic carbocycles. The van der Waals surface area contributed by atoms with Crippen molar-refractivity contribution in [1.29, 1.82) is 0 Å². The van der Waals surface area contributed by atoms with Crippen molar-refractivity contribution in [2.75, 3.05) is 0 Å². The molecule has 1 aliphatic carbocycles. The summed E-state index contributed by atoms with van der Waals surface area (Å²) < 4.78 is 26.1. The number of nitrogens with zero attached hydrogens (tertiary/aromatic N) is 1.